The Balaban J connectivity index is 2.08. The average Bonchev–Trinajstić information content (AvgIpc) is 2.26. The van der Waals surface area contributed by atoms with E-state index in [0.29, 0.717) is 22.8 Å². The van der Waals surface area contributed by atoms with Gasteiger partial charge in [0.1, 0.15) is 6.10 Å². The van der Waals surface area contributed by atoms with Crippen LogP contribution < -0.4 is 4.74 Å². The fraction of sp³-hybridized carbons (Fsp3) is 0.625. The summed E-state index contributed by atoms with van der Waals surface area (Å²) in [6, 6.07) is 3.47. The molecule has 1 aliphatic rings. The minimum atomic E-state index is 0.0459. The first kappa shape index (κ1) is 14.0. The summed E-state index contributed by atoms with van der Waals surface area (Å²) in [5, 5.41) is 0. The normalized spacial score (nSPS) is 25.9. The molecular formula is C16H23NO2. The highest BCUT2D eigenvalue weighted by Crippen LogP contribution is 2.39. The zero-order chi connectivity index (χ0) is 14.0. The van der Waals surface area contributed by atoms with Crippen molar-refractivity contribution in [2.75, 3.05) is 0 Å². The van der Waals surface area contributed by atoms with Crippen LogP contribution in [0.2, 0.25) is 0 Å². The third-order valence-electron chi connectivity index (χ3n) is 3.78. The molecule has 1 aromatic heterocycles. The minimum absolute atomic E-state index is 0.0459. The topological polar surface area (TPSA) is 39.2 Å². The third kappa shape index (κ3) is 3.79. The van der Waals surface area contributed by atoms with Gasteiger partial charge in [-0.15, -0.1) is 0 Å². The lowest BCUT2D eigenvalue weighted by Crippen LogP contribution is -2.34. The lowest BCUT2D eigenvalue weighted by Gasteiger charge is -2.38. The molecule has 0 saturated heterocycles. The number of Topliss-reactive ketones (excluding diaryl/α,β-unsaturated/α-hetero) is 1. The zero-order valence-corrected chi connectivity index (χ0v) is 12.3. The smallest absolute Gasteiger partial charge is 0.214 e. The second-order valence-corrected chi connectivity index (χ2v) is 6.59. The Morgan fingerprint density at radius 1 is 1.42 bits per heavy atom. The van der Waals surface area contributed by atoms with Crippen molar-refractivity contribution in [1.29, 1.82) is 0 Å². The highest BCUT2D eigenvalue weighted by molar-refractivity contribution is 5.94. The molecule has 1 heterocycles. The van der Waals surface area contributed by atoms with Crippen molar-refractivity contribution in [3.05, 3.63) is 23.9 Å². The Morgan fingerprint density at radius 3 is 2.79 bits per heavy atom. The van der Waals surface area contributed by atoms with E-state index < -0.39 is 0 Å². The minimum Gasteiger partial charge on any atom is -0.474 e. The van der Waals surface area contributed by atoms with Crippen LogP contribution in [0, 0.1) is 11.3 Å². The van der Waals surface area contributed by atoms with E-state index in [1.165, 1.54) is 6.42 Å². The van der Waals surface area contributed by atoms with Gasteiger partial charge >= 0.3 is 0 Å². The molecule has 0 aliphatic heterocycles. The molecule has 2 unspecified atom stereocenters. The van der Waals surface area contributed by atoms with Gasteiger partial charge < -0.3 is 4.74 Å². The summed E-state index contributed by atoms with van der Waals surface area (Å²) in [6.07, 6.45) is 5.20. The SMILES string of the molecule is CC(=O)c1ccnc(OC2CC(C)CC(C)(C)C2)c1. The molecule has 2 rings (SSSR count). The number of ketones is 1. The lowest BCUT2D eigenvalue weighted by molar-refractivity contribution is 0.0531. The number of nitrogens with zero attached hydrogens (tertiary/aromatic N) is 1. The summed E-state index contributed by atoms with van der Waals surface area (Å²) in [6.45, 7) is 8.42. The first-order chi connectivity index (χ1) is 8.85. The maximum absolute atomic E-state index is 11.4. The van der Waals surface area contributed by atoms with Crippen LogP contribution in [0.15, 0.2) is 18.3 Å². The monoisotopic (exact) mass is 261 g/mol. The van der Waals surface area contributed by atoms with E-state index >= 15 is 0 Å². The number of hydrogen-bond donors (Lipinski definition) is 0. The number of aromatic nitrogens is 1. The van der Waals surface area contributed by atoms with E-state index in [1.807, 2.05) is 0 Å². The summed E-state index contributed by atoms with van der Waals surface area (Å²) >= 11 is 0. The van der Waals surface area contributed by atoms with Gasteiger partial charge in [0.15, 0.2) is 5.78 Å². The van der Waals surface area contributed by atoms with E-state index in [4.69, 9.17) is 4.74 Å². The highest BCUT2D eigenvalue weighted by atomic mass is 16.5. The van der Waals surface area contributed by atoms with Gasteiger partial charge in [0.2, 0.25) is 5.88 Å². The average molecular weight is 261 g/mol. The van der Waals surface area contributed by atoms with Crippen molar-refractivity contribution >= 4 is 5.78 Å². The number of hydrogen-bond acceptors (Lipinski definition) is 3. The standard InChI is InChI=1S/C16H23NO2/c1-11-7-14(10-16(3,4)9-11)19-15-8-13(12(2)18)5-6-17-15/h5-6,8,11,14H,7,9-10H2,1-4H3. The van der Waals surface area contributed by atoms with E-state index in [9.17, 15) is 4.79 Å². The van der Waals surface area contributed by atoms with E-state index in [1.54, 1.807) is 25.3 Å². The Hall–Kier alpha value is -1.38. The molecule has 3 nitrogen and oxygen atoms in total. The van der Waals surface area contributed by atoms with Crippen molar-refractivity contribution < 1.29 is 9.53 Å². The van der Waals surface area contributed by atoms with Crippen LogP contribution in [0.4, 0.5) is 0 Å². The predicted octanol–water partition coefficient (Wildman–Crippen LogP) is 3.88. The van der Waals surface area contributed by atoms with Gasteiger partial charge in [-0.2, -0.15) is 0 Å². The first-order valence-corrected chi connectivity index (χ1v) is 6.99. The lowest BCUT2D eigenvalue weighted by atomic mass is 9.71. The van der Waals surface area contributed by atoms with Gasteiger partial charge in [0.25, 0.3) is 0 Å². The fourth-order valence-electron chi connectivity index (χ4n) is 3.21. The van der Waals surface area contributed by atoms with Crippen molar-refractivity contribution in [1.82, 2.24) is 4.98 Å². The Kier molecular flexibility index (Phi) is 3.93. The van der Waals surface area contributed by atoms with E-state index in [0.717, 1.165) is 12.8 Å². The quantitative estimate of drug-likeness (QED) is 0.775. The molecular weight excluding hydrogens is 238 g/mol. The van der Waals surface area contributed by atoms with Crippen molar-refractivity contribution in [2.24, 2.45) is 11.3 Å². The molecule has 0 N–H and O–H groups in total. The maximum Gasteiger partial charge on any atom is 0.214 e. The van der Waals surface area contributed by atoms with Gasteiger partial charge in [-0.25, -0.2) is 4.98 Å². The van der Waals surface area contributed by atoms with Crippen LogP contribution in [0.1, 0.15) is 57.3 Å². The number of ether oxygens (including phenoxy) is 1. The molecule has 3 heteroatoms. The molecule has 0 amide bonds. The summed E-state index contributed by atoms with van der Waals surface area (Å²) in [5.74, 6) is 1.29. The number of carbonyl (C=O) groups excluding carboxylic acids is 1. The summed E-state index contributed by atoms with van der Waals surface area (Å²) in [7, 11) is 0. The molecule has 104 valence electrons. The van der Waals surface area contributed by atoms with Crippen LogP contribution in [0.5, 0.6) is 5.88 Å². The predicted molar refractivity (Wildman–Crippen MR) is 75.5 cm³/mol. The van der Waals surface area contributed by atoms with Crippen molar-refractivity contribution in [3.63, 3.8) is 0 Å². The van der Waals surface area contributed by atoms with Crippen LogP contribution >= 0.6 is 0 Å². The first-order valence-electron chi connectivity index (χ1n) is 6.99. The fourth-order valence-corrected chi connectivity index (χ4v) is 3.21. The molecule has 2 atom stereocenters. The summed E-state index contributed by atoms with van der Waals surface area (Å²) in [4.78, 5) is 15.6. The van der Waals surface area contributed by atoms with Crippen molar-refractivity contribution in [3.8, 4) is 5.88 Å². The third-order valence-corrected chi connectivity index (χ3v) is 3.78. The van der Waals surface area contributed by atoms with Crippen LogP contribution in [0.3, 0.4) is 0 Å². The van der Waals surface area contributed by atoms with Gasteiger partial charge in [-0.3, -0.25) is 4.79 Å². The van der Waals surface area contributed by atoms with Gasteiger partial charge in [0.05, 0.1) is 0 Å². The molecule has 1 aliphatic carbocycles. The van der Waals surface area contributed by atoms with Crippen LogP contribution in [-0.4, -0.2) is 16.9 Å². The van der Waals surface area contributed by atoms with Crippen LogP contribution in [-0.2, 0) is 0 Å². The summed E-state index contributed by atoms with van der Waals surface area (Å²) in [5.41, 5.74) is 0.980. The molecule has 0 radical (unpaired) electrons. The number of pyridine rings is 1. The summed E-state index contributed by atoms with van der Waals surface area (Å²) < 4.78 is 5.99. The number of carbonyl (C=O) groups is 1. The molecule has 1 saturated carbocycles. The molecule has 0 spiro atoms. The Morgan fingerprint density at radius 2 is 2.16 bits per heavy atom. The van der Waals surface area contributed by atoms with E-state index in [-0.39, 0.29) is 11.9 Å². The van der Waals surface area contributed by atoms with Gasteiger partial charge in [-0.05, 0) is 43.6 Å². The molecule has 1 aromatic rings. The van der Waals surface area contributed by atoms with E-state index in [2.05, 4.69) is 25.8 Å². The highest BCUT2D eigenvalue weighted by Gasteiger charge is 2.33. The molecule has 0 bridgehead atoms. The molecule has 19 heavy (non-hydrogen) atoms. The molecule has 1 fully saturated rings. The van der Waals surface area contributed by atoms with Gasteiger partial charge in [0, 0.05) is 17.8 Å². The van der Waals surface area contributed by atoms with Crippen molar-refractivity contribution in [2.45, 2.75) is 53.1 Å². The van der Waals surface area contributed by atoms with Crippen LogP contribution in [0.25, 0.3) is 0 Å². The largest absolute Gasteiger partial charge is 0.474 e. The zero-order valence-electron chi connectivity index (χ0n) is 12.3. The Bertz CT molecular complexity index is 468. The number of rotatable bonds is 3. The molecule has 0 aromatic carbocycles. The maximum atomic E-state index is 11.4. The second-order valence-electron chi connectivity index (χ2n) is 6.59. The Labute approximate surface area is 115 Å². The van der Waals surface area contributed by atoms with Gasteiger partial charge in [-0.1, -0.05) is 20.8 Å². The second kappa shape index (κ2) is 5.32.